The molecule has 4 atom stereocenters. The quantitative estimate of drug-likeness (QED) is 0.462. The van der Waals surface area contributed by atoms with Crippen molar-refractivity contribution < 1.29 is 9.53 Å². The molecule has 0 saturated carbocycles. The summed E-state index contributed by atoms with van der Waals surface area (Å²) in [5.74, 6) is 1.71. The Labute approximate surface area is 82.9 Å². The van der Waals surface area contributed by atoms with E-state index in [4.69, 9.17) is 4.74 Å². The van der Waals surface area contributed by atoms with Crippen molar-refractivity contribution in [1.82, 2.24) is 0 Å². The van der Waals surface area contributed by atoms with Crippen molar-refractivity contribution in [2.75, 3.05) is 7.11 Å². The lowest BCUT2D eigenvalue weighted by Crippen LogP contribution is -2.16. The van der Waals surface area contributed by atoms with Gasteiger partial charge in [0.25, 0.3) is 0 Å². The molecule has 3 aliphatic rings. The first kappa shape index (κ1) is 8.04. The first-order valence-corrected chi connectivity index (χ1v) is 4.98. The zero-order chi connectivity index (χ0) is 9.71. The highest BCUT2D eigenvalue weighted by atomic mass is 16.5. The number of hydrogen-bond donors (Lipinski definition) is 0. The van der Waals surface area contributed by atoms with Gasteiger partial charge in [-0.2, -0.15) is 0 Å². The Morgan fingerprint density at radius 3 is 2.71 bits per heavy atom. The third kappa shape index (κ3) is 0.834. The molecule has 2 heteroatoms. The molecule has 0 N–H and O–H groups in total. The van der Waals surface area contributed by atoms with Gasteiger partial charge in [0, 0.05) is 17.4 Å². The van der Waals surface area contributed by atoms with Crippen LogP contribution in [0, 0.1) is 23.7 Å². The topological polar surface area (TPSA) is 26.3 Å². The van der Waals surface area contributed by atoms with Gasteiger partial charge in [0.2, 0.25) is 0 Å². The molecule has 72 valence electrons. The molecule has 0 fully saturated rings. The Morgan fingerprint density at radius 1 is 1.21 bits per heavy atom. The number of allylic oxidation sites excluding steroid dienone is 5. The molecule has 0 spiro atoms. The largest absolute Gasteiger partial charge is 0.466 e. The van der Waals surface area contributed by atoms with Gasteiger partial charge in [-0.1, -0.05) is 30.4 Å². The summed E-state index contributed by atoms with van der Waals surface area (Å²) in [6.07, 6.45) is 10.9. The molecule has 0 aromatic rings. The number of carbonyl (C=O) groups is 1. The maximum atomic E-state index is 11.5. The summed E-state index contributed by atoms with van der Waals surface area (Å²) in [5, 5.41) is 0. The van der Waals surface area contributed by atoms with Crippen LogP contribution < -0.4 is 0 Å². The van der Waals surface area contributed by atoms with Gasteiger partial charge in [-0.15, -0.1) is 0 Å². The van der Waals surface area contributed by atoms with Crippen LogP contribution in [0.1, 0.15) is 0 Å². The van der Waals surface area contributed by atoms with Gasteiger partial charge < -0.3 is 4.74 Å². The van der Waals surface area contributed by atoms with Gasteiger partial charge in [0.1, 0.15) is 0 Å². The molecule has 2 nitrogen and oxygen atoms in total. The molecule has 3 rings (SSSR count). The number of hydrogen-bond acceptors (Lipinski definition) is 2. The molecule has 0 heterocycles. The summed E-state index contributed by atoms with van der Waals surface area (Å²) in [5.41, 5.74) is 0.852. The average molecular weight is 188 g/mol. The SMILES string of the molecule is COC(=O)C1=C[C@@H]2C=C[C@H]3C=C[C@H]1[C@@H]32. The number of carbonyl (C=O) groups excluding carboxylic acids is 1. The molecule has 0 bridgehead atoms. The number of ether oxygens (including phenoxy) is 1. The van der Waals surface area contributed by atoms with Gasteiger partial charge in [-0.05, 0) is 11.8 Å². The predicted molar refractivity (Wildman–Crippen MR) is 52.3 cm³/mol. The minimum absolute atomic E-state index is 0.164. The highest BCUT2D eigenvalue weighted by Gasteiger charge is 2.46. The highest BCUT2D eigenvalue weighted by Crippen LogP contribution is 2.51. The van der Waals surface area contributed by atoms with E-state index in [1.165, 1.54) is 7.11 Å². The minimum atomic E-state index is -0.164. The Morgan fingerprint density at radius 2 is 1.93 bits per heavy atom. The molecule has 0 radical (unpaired) electrons. The van der Waals surface area contributed by atoms with Gasteiger partial charge in [0.05, 0.1) is 7.11 Å². The molecular weight excluding hydrogens is 176 g/mol. The fourth-order valence-electron chi connectivity index (χ4n) is 2.94. The van der Waals surface area contributed by atoms with Crippen LogP contribution in [0.15, 0.2) is 36.0 Å². The van der Waals surface area contributed by atoms with Crippen LogP contribution >= 0.6 is 0 Å². The summed E-state index contributed by atoms with van der Waals surface area (Å²) in [6.45, 7) is 0. The molecule has 0 unspecified atom stereocenters. The van der Waals surface area contributed by atoms with Crippen molar-refractivity contribution >= 4 is 5.97 Å². The van der Waals surface area contributed by atoms with Crippen LogP contribution in [0.2, 0.25) is 0 Å². The zero-order valence-electron chi connectivity index (χ0n) is 8.01. The standard InChI is InChI=1S/C12H12O2/c1-14-12(13)10-6-8-3-2-7-4-5-9(10)11(7)8/h2-9,11H,1H3/t7-,8-,9+,11-/m0/s1. The Bertz CT molecular complexity index is 376. The van der Waals surface area contributed by atoms with E-state index < -0.39 is 0 Å². The van der Waals surface area contributed by atoms with E-state index in [-0.39, 0.29) is 5.97 Å². The van der Waals surface area contributed by atoms with E-state index >= 15 is 0 Å². The summed E-state index contributed by atoms with van der Waals surface area (Å²) in [6, 6.07) is 0. The summed E-state index contributed by atoms with van der Waals surface area (Å²) in [7, 11) is 1.45. The molecule has 0 saturated heterocycles. The smallest absolute Gasteiger partial charge is 0.334 e. The maximum absolute atomic E-state index is 11.5. The van der Waals surface area contributed by atoms with Crippen molar-refractivity contribution in [3.63, 3.8) is 0 Å². The third-order valence-electron chi connectivity index (χ3n) is 3.55. The molecule has 3 aliphatic carbocycles. The lowest BCUT2D eigenvalue weighted by Gasteiger charge is -2.16. The first-order chi connectivity index (χ1) is 6.81. The maximum Gasteiger partial charge on any atom is 0.334 e. The Balaban J connectivity index is 1.99. The van der Waals surface area contributed by atoms with Crippen molar-refractivity contribution in [3.8, 4) is 0 Å². The second-order valence-electron chi connectivity index (χ2n) is 4.14. The van der Waals surface area contributed by atoms with Crippen LogP contribution in [0.25, 0.3) is 0 Å². The Kier molecular flexibility index (Phi) is 1.49. The predicted octanol–water partition coefficient (Wildman–Crippen LogP) is 1.70. The van der Waals surface area contributed by atoms with E-state index in [2.05, 4.69) is 30.4 Å². The fraction of sp³-hybridized carbons (Fsp3) is 0.417. The molecule has 0 aromatic heterocycles. The van der Waals surface area contributed by atoms with Gasteiger partial charge in [0.15, 0.2) is 0 Å². The second-order valence-corrected chi connectivity index (χ2v) is 4.14. The van der Waals surface area contributed by atoms with Crippen LogP contribution in [-0.4, -0.2) is 13.1 Å². The van der Waals surface area contributed by atoms with E-state index in [0.29, 0.717) is 23.7 Å². The number of esters is 1. The highest BCUT2D eigenvalue weighted by molar-refractivity contribution is 5.90. The van der Waals surface area contributed by atoms with E-state index in [1.807, 2.05) is 0 Å². The van der Waals surface area contributed by atoms with Gasteiger partial charge in [-0.25, -0.2) is 4.79 Å². The molecule has 14 heavy (non-hydrogen) atoms. The lowest BCUT2D eigenvalue weighted by atomic mass is 9.87. The lowest BCUT2D eigenvalue weighted by molar-refractivity contribution is -0.136. The van der Waals surface area contributed by atoms with Gasteiger partial charge >= 0.3 is 5.97 Å². The van der Waals surface area contributed by atoms with Crippen LogP contribution in [0.3, 0.4) is 0 Å². The van der Waals surface area contributed by atoms with Crippen molar-refractivity contribution in [2.24, 2.45) is 23.7 Å². The molecular formula is C12H12O2. The first-order valence-electron chi connectivity index (χ1n) is 4.98. The zero-order valence-corrected chi connectivity index (χ0v) is 8.01. The molecule has 0 amide bonds. The minimum Gasteiger partial charge on any atom is -0.466 e. The van der Waals surface area contributed by atoms with E-state index in [9.17, 15) is 4.79 Å². The van der Waals surface area contributed by atoms with Crippen molar-refractivity contribution in [3.05, 3.63) is 36.0 Å². The summed E-state index contributed by atoms with van der Waals surface area (Å²) < 4.78 is 4.78. The summed E-state index contributed by atoms with van der Waals surface area (Å²) in [4.78, 5) is 11.5. The molecule has 0 aromatic carbocycles. The van der Waals surface area contributed by atoms with Crippen molar-refractivity contribution in [1.29, 1.82) is 0 Å². The normalized spacial score (nSPS) is 41.4. The van der Waals surface area contributed by atoms with Crippen LogP contribution in [-0.2, 0) is 9.53 Å². The van der Waals surface area contributed by atoms with Crippen LogP contribution in [0.5, 0.6) is 0 Å². The second kappa shape index (κ2) is 2.59. The fourth-order valence-corrected chi connectivity index (χ4v) is 2.94. The van der Waals surface area contributed by atoms with Gasteiger partial charge in [-0.3, -0.25) is 0 Å². The van der Waals surface area contributed by atoms with E-state index in [1.54, 1.807) is 0 Å². The third-order valence-corrected chi connectivity index (χ3v) is 3.55. The molecule has 0 aliphatic heterocycles. The number of methoxy groups -OCH3 is 1. The number of rotatable bonds is 1. The Hall–Kier alpha value is -1.31. The summed E-state index contributed by atoms with van der Waals surface area (Å²) >= 11 is 0. The van der Waals surface area contributed by atoms with Crippen molar-refractivity contribution in [2.45, 2.75) is 0 Å². The average Bonchev–Trinajstić information content (AvgIpc) is 2.83. The van der Waals surface area contributed by atoms with Crippen LogP contribution in [0.4, 0.5) is 0 Å². The monoisotopic (exact) mass is 188 g/mol. The van der Waals surface area contributed by atoms with E-state index in [0.717, 1.165) is 5.57 Å².